The summed E-state index contributed by atoms with van der Waals surface area (Å²) in [6.07, 6.45) is 87.1. The molecule has 1 rings (SSSR count). The number of carbonyl (C=O) groups is 1. The van der Waals surface area contributed by atoms with Crippen LogP contribution in [0.1, 0.15) is 341 Å². The molecule has 1 aliphatic rings. The van der Waals surface area contributed by atoms with Crippen molar-refractivity contribution < 1.29 is 39.8 Å². The van der Waals surface area contributed by atoms with E-state index in [1.54, 1.807) is 6.08 Å². The molecule has 0 bridgehead atoms. The van der Waals surface area contributed by atoms with Gasteiger partial charge in [-0.15, -0.1) is 0 Å². The van der Waals surface area contributed by atoms with Crippen molar-refractivity contribution in [3.63, 3.8) is 0 Å². The molecule has 500 valence electrons. The van der Waals surface area contributed by atoms with E-state index < -0.39 is 49.5 Å². The highest BCUT2D eigenvalue weighted by molar-refractivity contribution is 5.76. The van der Waals surface area contributed by atoms with Crippen LogP contribution < -0.4 is 5.32 Å². The average molecular weight is 1210 g/mol. The third-order valence-corrected chi connectivity index (χ3v) is 17.2. The van der Waals surface area contributed by atoms with Crippen LogP contribution in [0.2, 0.25) is 0 Å². The lowest BCUT2D eigenvalue weighted by molar-refractivity contribution is -0.302. The minimum absolute atomic E-state index is 0.187. The molecule has 9 heteroatoms. The van der Waals surface area contributed by atoms with Gasteiger partial charge in [-0.25, -0.2) is 0 Å². The van der Waals surface area contributed by atoms with Crippen molar-refractivity contribution in [3.8, 4) is 0 Å². The van der Waals surface area contributed by atoms with E-state index in [-0.39, 0.29) is 12.5 Å². The van der Waals surface area contributed by atoms with Crippen LogP contribution in [-0.4, -0.2) is 87.5 Å². The zero-order valence-electron chi connectivity index (χ0n) is 56.1. The number of aliphatic hydroxyl groups is 5. The van der Waals surface area contributed by atoms with E-state index in [9.17, 15) is 30.3 Å². The van der Waals surface area contributed by atoms with E-state index in [0.717, 1.165) is 70.6 Å². The summed E-state index contributed by atoms with van der Waals surface area (Å²) in [5.41, 5.74) is 0. The van der Waals surface area contributed by atoms with E-state index in [1.807, 2.05) is 6.08 Å². The SMILES string of the molecule is CC/C=C\C/C=C\C/C=C\C/C=C\CCCCCCCCCCCCCCCCCCCCCCC(=O)NC(COC1OC(CO)C(O)C(O)C1O)C(O)/C=C/CC/C=C/CC/C=C/CCCCCCCCCCCCCCCCCCCCCC. The summed E-state index contributed by atoms with van der Waals surface area (Å²) in [5, 5.41) is 54.8. The van der Waals surface area contributed by atoms with Gasteiger partial charge in [0.25, 0.3) is 0 Å². The lowest BCUT2D eigenvalue weighted by Gasteiger charge is -2.40. The molecule has 1 heterocycles. The molecule has 86 heavy (non-hydrogen) atoms. The lowest BCUT2D eigenvalue weighted by atomic mass is 9.99. The molecule has 9 nitrogen and oxygen atoms in total. The zero-order chi connectivity index (χ0) is 62.1. The maximum absolute atomic E-state index is 13.1. The Hall–Kier alpha value is -2.63. The molecule has 1 amide bonds. The van der Waals surface area contributed by atoms with Gasteiger partial charge in [-0.2, -0.15) is 0 Å². The first-order valence-electron chi connectivity index (χ1n) is 36.8. The molecule has 0 aromatic rings. The van der Waals surface area contributed by atoms with E-state index in [0.29, 0.717) is 6.42 Å². The molecule has 0 saturated carbocycles. The number of hydrogen-bond donors (Lipinski definition) is 6. The quantitative estimate of drug-likeness (QED) is 0.0261. The summed E-state index contributed by atoms with van der Waals surface area (Å²) in [5.74, 6) is -0.187. The second kappa shape index (κ2) is 65.3. The van der Waals surface area contributed by atoms with Gasteiger partial charge in [0.05, 0.1) is 25.4 Å². The van der Waals surface area contributed by atoms with Crippen molar-refractivity contribution in [1.29, 1.82) is 0 Å². The first-order chi connectivity index (χ1) is 42.3. The van der Waals surface area contributed by atoms with Crippen molar-refractivity contribution in [3.05, 3.63) is 85.1 Å². The number of amides is 1. The normalized spacial score (nSPS) is 18.5. The van der Waals surface area contributed by atoms with Crippen molar-refractivity contribution in [2.75, 3.05) is 13.2 Å². The molecule has 0 aromatic carbocycles. The number of carbonyl (C=O) groups excluding carboxylic acids is 1. The standard InChI is InChI=1S/C77H139NO8/c1-3-5-7-9-11-13-15-17-19-21-23-25-27-29-31-33-35-36-37-39-41-43-45-47-49-51-53-55-57-59-61-63-65-67-73(81)78-70(69-85-77-76(84)75(83)74(82)72(68-79)86-77)71(80)66-64-62-60-58-56-54-52-50-48-46-44-42-40-38-34-32-30-28-26-24-22-20-18-16-14-12-10-8-6-4-2/h5,7,11,13,17,19,23,25,48,50,56,58,64,66,70-72,74-77,79-80,82-84H,3-4,6,8-10,12,14-16,18,20-22,24,26-47,49,51-55,57,59-63,65,67-69H2,1-2H3,(H,78,81)/b7-5-,13-11-,19-17-,25-23-,50-48+,58-56+,66-64+. The number of unbranched alkanes of at least 4 members (excludes halogenated alkanes) is 42. The first kappa shape index (κ1) is 81.4. The fourth-order valence-corrected chi connectivity index (χ4v) is 11.5. The lowest BCUT2D eigenvalue weighted by Crippen LogP contribution is -2.60. The van der Waals surface area contributed by atoms with Gasteiger partial charge in [-0.05, 0) is 83.5 Å². The Kier molecular flexibility index (Phi) is 61.8. The summed E-state index contributed by atoms with van der Waals surface area (Å²) in [6, 6.07) is -0.833. The van der Waals surface area contributed by atoms with Gasteiger partial charge in [-0.1, -0.05) is 336 Å². The Morgan fingerprint density at radius 3 is 1.12 bits per heavy atom. The molecule has 0 aliphatic carbocycles. The molecule has 0 radical (unpaired) electrons. The molecule has 1 saturated heterocycles. The third-order valence-electron chi connectivity index (χ3n) is 17.2. The summed E-state index contributed by atoms with van der Waals surface area (Å²) in [6.45, 7) is 3.69. The number of rotatable bonds is 64. The molecule has 1 fully saturated rings. The maximum Gasteiger partial charge on any atom is 0.220 e. The highest BCUT2D eigenvalue weighted by Gasteiger charge is 2.44. The fraction of sp³-hybridized carbons (Fsp3) is 0.805. The second-order valence-electron chi connectivity index (χ2n) is 25.3. The van der Waals surface area contributed by atoms with E-state index >= 15 is 0 Å². The molecular formula is C77H139NO8. The smallest absolute Gasteiger partial charge is 0.220 e. The van der Waals surface area contributed by atoms with Crippen LogP contribution >= 0.6 is 0 Å². The Labute approximate surface area is 531 Å². The molecule has 0 aromatic heterocycles. The Morgan fingerprint density at radius 1 is 0.407 bits per heavy atom. The predicted octanol–water partition coefficient (Wildman–Crippen LogP) is 20.5. The van der Waals surface area contributed by atoms with E-state index in [2.05, 4.69) is 92.1 Å². The van der Waals surface area contributed by atoms with Crippen LogP contribution in [0.5, 0.6) is 0 Å². The number of aliphatic hydroxyl groups excluding tert-OH is 5. The summed E-state index contributed by atoms with van der Waals surface area (Å²) < 4.78 is 11.3. The van der Waals surface area contributed by atoms with Crippen molar-refractivity contribution in [2.45, 2.75) is 384 Å². The minimum Gasteiger partial charge on any atom is -0.394 e. The molecule has 7 unspecified atom stereocenters. The van der Waals surface area contributed by atoms with Gasteiger partial charge < -0.3 is 40.3 Å². The maximum atomic E-state index is 13.1. The highest BCUT2D eigenvalue weighted by Crippen LogP contribution is 2.23. The van der Waals surface area contributed by atoms with Crippen LogP contribution in [0, 0.1) is 0 Å². The Morgan fingerprint density at radius 2 is 0.733 bits per heavy atom. The second-order valence-corrected chi connectivity index (χ2v) is 25.3. The first-order valence-corrected chi connectivity index (χ1v) is 36.8. The molecule has 6 N–H and O–H groups in total. The fourth-order valence-electron chi connectivity index (χ4n) is 11.5. The van der Waals surface area contributed by atoms with Crippen LogP contribution in [0.3, 0.4) is 0 Å². The summed E-state index contributed by atoms with van der Waals surface area (Å²) in [7, 11) is 0. The topological polar surface area (TPSA) is 149 Å². The van der Waals surface area contributed by atoms with Gasteiger partial charge in [0, 0.05) is 6.42 Å². The van der Waals surface area contributed by atoms with E-state index in [4.69, 9.17) is 9.47 Å². The van der Waals surface area contributed by atoms with Gasteiger partial charge in [0.15, 0.2) is 6.29 Å². The Bertz CT molecular complexity index is 1640. The third kappa shape index (κ3) is 53.2. The molecular weight excluding hydrogens is 1070 g/mol. The van der Waals surface area contributed by atoms with Crippen molar-refractivity contribution in [1.82, 2.24) is 5.32 Å². The number of ether oxygens (including phenoxy) is 2. The van der Waals surface area contributed by atoms with Gasteiger partial charge >= 0.3 is 0 Å². The van der Waals surface area contributed by atoms with Gasteiger partial charge in [0.2, 0.25) is 5.91 Å². The number of hydrogen-bond acceptors (Lipinski definition) is 8. The monoisotopic (exact) mass is 1210 g/mol. The van der Waals surface area contributed by atoms with Gasteiger partial charge in [-0.3, -0.25) is 4.79 Å². The predicted molar refractivity (Wildman–Crippen MR) is 368 cm³/mol. The van der Waals surface area contributed by atoms with Crippen LogP contribution in [0.4, 0.5) is 0 Å². The summed E-state index contributed by atoms with van der Waals surface area (Å²) >= 11 is 0. The zero-order valence-corrected chi connectivity index (χ0v) is 56.1. The largest absolute Gasteiger partial charge is 0.394 e. The van der Waals surface area contributed by atoms with Crippen LogP contribution in [0.15, 0.2) is 85.1 Å². The summed E-state index contributed by atoms with van der Waals surface area (Å²) in [4.78, 5) is 13.1. The minimum atomic E-state index is -1.58. The Balaban J connectivity index is 2.13. The van der Waals surface area contributed by atoms with Crippen molar-refractivity contribution in [2.24, 2.45) is 0 Å². The average Bonchev–Trinajstić information content (AvgIpc) is 2.60. The highest BCUT2D eigenvalue weighted by atomic mass is 16.7. The number of allylic oxidation sites excluding steroid dienone is 13. The molecule has 0 spiro atoms. The van der Waals surface area contributed by atoms with Gasteiger partial charge in [0.1, 0.15) is 24.4 Å². The number of nitrogens with one attached hydrogen (secondary N) is 1. The van der Waals surface area contributed by atoms with Crippen LogP contribution in [0.25, 0.3) is 0 Å². The van der Waals surface area contributed by atoms with E-state index in [1.165, 1.54) is 250 Å². The molecule has 7 atom stereocenters. The molecule has 1 aliphatic heterocycles. The van der Waals surface area contributed by atoms with Crippen molar-refractivity contribution >= 4 is 5.91 Å². The van der Waals surface area contributed by atoms with Crippen LogP contribution in [-0.2, 0) is 14.3 Å².